The van der Waals surface area contributed by atoms with Crippen molar-refractivity contribution in [3.05, 3.63) is 29.8 Å². The first-order chi connectivity index (χ1) is 9.27. The predicted octanol–water partition coefficient (Wildman–Crippen LogP) is 2.07. The van der Waals surface area contributed by atoms with Gasteiger partial charge in [0.1, 0.15) is 0 Å². The number of methoxy groups -OCH3 is 1. The number of nitrogens with one attached hydrogen (secondary N) is 1. The summed E-state index contributed by atoms with van der Waals surface area (Å²) in [6.45, 7) is 4.05. The minimum Gasteiger partial charge on any atom is -0.389 e. The van der Waals surface area contributed by atoms with Gasteiger partial charge in [0, 0.05) is 19.3 Å². The molecule has 1 atom stereocenters. The molecule has 0 amide bonds. The molecule has 0 aliphatic heterocycles. The van der Waals surface area contributed by atoms with Crippen LogP contribution in [-0.2, 0) is 15.9 Å². The van der Waals surface area contributed by atoms with Crippen molar-refractivity contribution >= 4 is 5.69 Å². The van der Waals surface area contributed by atoms with Gasteiger partial charge in [-0.1, -0.05) is 31.5 Å². The molecule has 1 rings (SSSR count). The van der Waals surface area contributed by atoms with Crippen LogP contribution in [0.5, 0.6) is 0 Å². The molecule has 0 radical (unpaired) electrons. The van der Waals surface area contributed by atoms with Gasteiger partial charge in [-0.15, -0.1) is 0 Å². The highest BCUT2D eigenvalue weighted by Crippen LogP contribution is 2.16. The Morgan fingerprint density at radius 1 is 1.26 bits per heavy atom. The average Bonchev–Trinajstić information content (AvgIpc) is 2.43. The monoisotopic (exact) mass is 267 g/mol. The zero-order chi connectivity index (χ0) is 13.9. The molecule has 19 heavy (non-hydrogen) atoms. The number of ether oxygens (including phenoxy) is 2. The molecule has 0 heterocycles. The van der Waals surface area contributed by atoms with Crippen LogP contribution in [0.25, 0.3) is 0 Å². The van der Waals surface area contributed by atoms with Crippen molar-refractivity contribution in [3.63, 3.8) is 0 Å². The van der Waals surface area contributed by atoms with E-state index in [2.05, 4.69) is 18.3 Å². The topological polar surface area (TPSA) is 50.7 Å². The largest absolute Gasteiger partial charge is 0.389 e. The van der Waals surface area contributed by atoms with Gasteiger partial charge in [-0.05, 0) is 18.1 Å². The summed E-state index contributed by atoms with van der Waals surface area (Å²) in [5, 5.41) is 13.1. The van der Waals surface area contributed by atoms with Gasteiger partial charge in [0.2, 0.25) is 0 Å². The summed E-state index contributed by atoms with van der Waals surface area (Å²) in [4.78, 5) is 0. The summed E-state index contributed by atoms with van der Waals surface area (Å²) in [6, 6.07) is 8.21. The van der Waals surface area contributed by atoms with E-state index in [9.17, 15) is 5.11 Å². The fourth-order valence-corrected chi connectivity index (χ4v) is 1.83. The van der Waals surface area contributed by atoms with Gasteiger partial charge in [0.15, 0.2) is 0 Å². The first kappa shape index (κ1) is 16.0. The number of benzene rings is 1. The number of aliphatic hydroxyl groups excluding tert-OH is 1. The van der Waals surface area contributed by atoms with Crippen LogP contribution in [0.15, 0.2) is 24.3 Å². The Kier molecular flexibility index (Phi) is 8.21. The molecule has 0 spiro atoms. The molecular formula is C15H25NO3. The van der Waals surface area contributed by atoms with Crippen LogP contribution in [0.3, 0.4) is 0 Å². The van der Waals surface area contributed by atoms with E-state index in [1.807, 2.05) is 18.2 Å². The minimum atomic E-state index is -0.508. The highest BCUT2D eigenvalue weighted by atomic mass is 16.5. The standard InChI is InChI=1S/C15H25NO3/c1-3-6-13-7-4-5-8-15(13)16-11-14(17)12-19-10-9-18-2/h4-5,7-8,14,16-17H,3,6,9-12H2,1-2H3. The van der Waals surface area contributed by atoms with Crippen molar-refractivity contribution < 1.29 is 14.6 Å². The molecule has 2 N–H and O–H groups in total. The fraction of sp³-hybridized carbons (Fsp3) is 0.600. The van der Waals surface area contributed by atoms with Gasteiger partial charge in [0.25, 0.3) is 0 Å². The molecule has 1 unspecified atom stereocenters. The summed E-state index contributed by atoms with van der Waals surface area (Å²) in [5.41, 5.74) is 2.39. The lowest BCUT2D eigenvalue weighted by molar-refractivity contribution is 0.0182. The molecule has 108 valence electrons. The maximum absolute atomic E-state index is 9.80. The SMILES string of the molecule is CCCc1ccccc1NCC(O)COCCOC. The smallest absolute Gasteiger partial charge is 0.0945 e. The Balaban J connectivity index is 2.31. The number of para-hydroxylation sites is 1. The zero-order valence-corrected chi connectivity index (χ0v) is 11.9. The van der Waals surface area contributed by atoms with Gasteiger partial charge in [-0.25, -0.2) is 0 Å². The molecule has 0 aliphatic carbocycles. The van der Waals surface area contributed by atoms with Gasteiger partial charge >= 0.3 is 0 Å². The Morgan fingerprint density at radius 2 is 2.05 bits per heavy atom. The van der Waals surface area contributed by atoms with E-state index in [-0.39, 0.29) is 0 Å². The van der Waals surface area contributed by atoms with Crippen molar-refractivity contribution in [3.8, 4) is 0 Å². The van der Waals surface area contributed by atoms with Crippen LogP contribution in [-0.4, -0.2) is 44.7 Å². The maximum atomic E-state index is 9.80. The first-order valence-electron chi connectivity index (χ1n) is 6.84. The summed E-state index contributed by atoms with van der Waals surface area (Å²) >= 11 is 0. The molecule has 4 heteroatoms. The summed E-state index contributed by atoms with van der Waals surface area (Å²) in [6.07, 6.45) is 1.65. The summed E-state index contributed by atoms with van der Waals surface area (Å²) < 4.78 is 10.2. The first-order valence-corrected chi connectivity index (χ1v) is 6.84. The Labute approximate surface area is 115 Å². The van der Waals surface area contributed by atoms with Crippen LogP contribution in [0.4, 0.5) is 5.69 Å². The van der Waals surface area contributed by atoms with Gasteiger partial charge in [-0.3, -0.25) is 0 Å². The summed E-state index contributed by atoms with van der Waals surface area (Å²) in [7, 11) is 1.63. The molecule has 0 saturated heterocycles. The lowest BCUT2D eigenvalue weighted by Crippen LogP contribution is -2.26. The number of hydrogen-bond donors (Lipinski definition) is 2. The minimum absolute atomic E-state index is 0.326. The van der Waals surface area contributed by atoms with Crippen molar-refractivity contribution in [1.82, 2.24) is 0 Å². The van der Waals surface area contributed by atoms with E-state index in [0.717, 1.165) is 18.5 Å². The number of anilines is 1. The molecule has 4 nitrogen and oxygen atoms in total. The van der Waals surface area contributed by atoms with Crippen molar-refractivity contribution in [2.45, 2.75) is 25.9 Å². The molecule has 0 bridgehead atoms. The Bertz CT molecular complexity index is 344. The molecule has 0 aliphatic rings. The lowest BCUT2D eigenvalue weighted by Gasteiger charge is -2.15. The third-order valence-electron chi connectivity index (χ3n) is 2.81. The number of rotatable bonds is 10. The number of aliphatic hydroxyl groups is 1. The van der Waals surface area contributed by atoms with Gasteiger partial charge in [-0.2, -0.15) is 0 Å². The Hall–Kier alpha value is -1.10. The highest BCUT2D eigenvalue weighted by Gasteiger charge is 2.06. The second kappa shape index (κ2) is 9.78. The van der Waals surface area contributed by atoms with Gasteiger partial charge < -0.3 is 19.9 Å². The number of aryl methyl sites for hydroxylation is 1. The van der Waals surface area contributed by atoms with E-state index in [1.54, 1.807) is 7.11 Å². The van der Waals surface area contributed by atoms with Crippen LogP contribution in [0.1, 0.15) is 18.9 Å². The number of hydrogen-bond acceptors (Lipinski definition) is 4. The average molecular weight is 267 g/mol. The van der Waals surface area contributed by atoms with Crippen LogP contribution in [0, 0.1) is 0 Å². The van der Waals surface area contributed by atoms with E-state index in [4.69, 9.17) is 9.47 Å². The molecular weight excluding hydrogens is 242 g/mol. The van der Waals surface area contributed by atoms with Crippen molar-refractivity contribution in [2.24, 2.45) is 0 Å². The van der Waals surface area contributed by atoms with E-state index in [1.165, 1.54) is 5.56 Å². The van der Waals surface area contributed by atoms with Crippen LogP contribution in [0.2, 0.25) is 0 Å². The van der Waals surface area contributed by atoms with E-state index >= 15 is 0 Å². The predicted molar refractivity (Wildman–Crippen MR) is 77.6 cm³/mol. The normalized spacial score (nSPS) is 12.4. The van der Waals surface area contributed by atoms with Crippen LogP contribution < -0.4 is 5.32 Å². The molecule has 1 aromatic rings. The zero-order valence-electron chi connectivity index (χ0n) is 11.9. The third kappa shape index (κ3) is 6.57. The molecule has 0 aromatic heterocycles. The lowest BCUT2D eigenvalue weighted by atomic mass is 10.1. The molecule has 0 fully saturated rings. The maximum Gasteiger partial charge on any atom is 0.0945 e. The quantitative estimate of drug-likeness (QED) is 0.637. The van der Waals surface area contributed by atoms with E-state index in [0.29, 0.717) is 26.4 Å². The highest BCUT2D eigenvalue weighted by molar-refractivity contribution is 5.51. The van der Waals surface area contributed by atoms with E-state index < -0.39 is 6.10 Å². The Morgan fingerprint density at radius 3 is 2.79 bits per heavy atom. The second-order valence-corrected chi connectivity index (χ2v) is 4.51. The van der Waals surface area contributed by atoms with Gasteiger partial charge in [0.05, 0.1) is 25.9 Å². The van der Waals surface area contributed by atoms with Crippen molar-refractivity contribution in [1.29, 1.82) is 0 Å². The fourth-order valence-electron chi connectivity index (χ4n) is 1.83. The molecule has 1 aromatic carbocycles. The second-order valence-electron chi connectivity index (χ2n) is 4.51. The van der Waals surface area contributed by atoms with Crippen LogP contribution >= 0.6 is 0 Å². The third-order valence-corrected chi connectivity index (χ3v) is 2.81. The molecule has 0 saturated carbocycles. The summed E-state index contributed by atoms with van der Waals surface area (Å²) in [5.74, 6) is 0. The van der Waals surface area contributed by atoms with Crippen molar-refractivity contribution in [2.75, 3.05) is 38.8 Å².